The Labute approximate surface area is 188 Å². The predicted molar refractivity (Wildman–Crippen MR) is 122 cm³/mol. The molecule has 5 rings (SSSR count). The molecule has 1 aliphatic carbocycles. The van der Waals surface area contributed by atoms with Crippen LogP contribution in [0.5, 0.6) is 5.88 Å². The summed E-state index contributed by atoms with van der Waals surface area (Å²) in [7, 11) is 2.10. The van der Waals surface area contributed by atoms with Gasteiger partial charge in [0.25, 0.3) is 0 Å². The molecule has 2 atom stereocenters. The molecule has 0 aromatic carbocycles. The summed E-state index contributed by atoms with van der Waals surface area (Å²) in [5.74, 6) is 4.30. The van der Waals surface area contributed by atoms with E-state index in [4.69, 9.17) is 9.57 Å². The van der Waals surface area contributed by atoms with E-state index < -0.39 is 0 Å². The number of hydroxylamine groups is 1. The lowest BCUT2D eigenvalue weighted by Crippen LogP contribution is -2.26. The summed E-state index contributed by atoms with van der Waals surface area (Å²) in [5, 5.41) is 14.0. The molecule has 2 unspecified atom stereocenters. The third kappa shape index (κ3) is 5.13. The number of anilines is 3. The first-order chi connectivity index (χ1) is 15.5. The first-order valence-electron chi connectivity index (χ1n) is 11.5. The van der Waals surface area contributed by atoms with Crippen molar-refractivity contribution in [1.82, 2.24) is 30.5 Å². The van der Waals surface area contributed by atoms with Gasteiger partial charge in [0.2, 0.25) is 11.8 Å². The Morgan fingerprint density at radius 1 is 1.22 bits per heavy atom. The summed E-state index contributed by atoms with van der Waals surface area (Å²) in [6.45, 7) is 6.71. The Hall–Kier alpha value is -2.85. The molecule has 1 saturated carbocycles. The van der Waals surface area contributed by atoms with Crippen molar-refractivity contribution in [2.24, 2.45) is 5.92 Å². The normalized spacial score (nSPS) is 23.3. The van der Waals surface area contributed by atoms with Crippen LogP contribution >= 0.6 is 0 Å². The van der Waals surface area contributed by atoms with Crippen LogP contribution in [0.3, 0.4) is 0 Å². The van der Waals surface area contributed by atoms with Crippen LogP contribution in [0.2, 0.25) is 0 Å². The molecule has 1 saturated heterocycles. The van der Waals surface area contributed by atoms with Crippen molar-refractivity contribution < 1.29 is 9.57 Å². The number of hydrogen-bond acceptors (Lipinski definition) is 9. The van der Waals surface area contributed by atoms with Gasteiger partial charge in [-0.1, -0.05) is 13.8 Å². The standard InChI is InChI=1S/C22H32N8O2/c1-13(2)17-8-16(32-29-17)11-23-22-25-19(24-20-9-18(27-28-20)14-4-5-14)10-21(26-22)31-15-6-7-30(3)12-15/h8-10,13-15,17,29H,4-7,11-12H2,1-3H3,(H3,23,24,25,26,27,28). The maximum Gasteiger partial charge on any atom is 0.228 e. The average molecular weight is 441 g/mol. The number of aromatic nitrogens is 4. The van der Waals surface area contributed by atoms with E-state index in [9.17, 15) is 0 Å². The van der Waals surface area contributed by atoms with E-state index in [1.807, 2.05) is 12.1 Å². The van der Waals surface area contributed by atoms with E-state index in [0.29, 0.717) is 36.0 Å². The molecule has 10 nitrogen and oxygen atoms in total. The van der Waals surface area contributed by atoms with Crippen LogP contribution in [0.15, 0.2) is 24.0 Å². The van der Waals surface area contributed by atoms with Gasteiger partial charge in [-0.3, -0.25) is 5.10 Å². The summed E-state index contributed by atoms with van der Waals surface area (Å²) in [5.41, 5.74) is 4.21. The third-order valence-corrected chi connectivity index (χ3v) is 6.04. The highest BCUT2D eigenvalue weighted by Crippen LogP contribution is 2.39. The monoisotopic (exact) mass is 440 g/mol. The molecule has 2 aromatic heterocycles. The smallest absolute Gasteiger partial charge is 0.228 e. The summed E-state index contributed by atoms with van der Waals surface area (Å²) in [6.07, 6.45) is 5.65. The van der Waals surface area contributed by atoms with Gasteiger partial charge in [0.1, 0.15) is 17.7 Å². The van der Waals surface area contributed by atoms with E-state index in [0.717, 1.165) is 31.1 Å². The van der Waals surface area contributed by atoms with Crippen molar-refractivity contribution >= 4 is 17.6 Å². The van der Waals surface area contributed by atoms with Crippen LogP contribution < -0.4 is 20.9 Å². The lowest BCUT2D eigenvalue weighted by molar-refractivity contribution is 0.104. The first kappa shape index (κ1) is 21.0. The van der Waals surface area contributed by atoms with Gasteiger partial charge >= 0.3 is 0 Å². The van der Waals surface area contributed by atoms with E-state index in [1.54, 1.807) is 0 Å². The van der Waals surface area contributed by atoms with Gasteiger partial charge in [0.15, 0.2) is 5.82 Å². The molecule has 4 heterocycles. The van der Waals surface area contributed by atoms with E-state index in [-0.39, 0.29) is 12.1 Å². The third-order valence-electron chi connectivity index (χ3n) is 6.04. The zero-order valence-corrected chi connectivity index (χ0v) is 18.9. The fourth-order valence-corrected chi connectivity index (χ4v) is 3.93. The summed E-state index contributed by atoms with van der Waals surface area (Å²) >= 11 is 0. The lowest BCUT2D eigenvalue weighted by atomic mass is 10.1. The van der Waals surface area contributed by atoms with Gasteiger partial charge < -0.3 is 25.1 Å². The minimum Gasteiger partial charge on any atom is -0.473 e. The average Bonchev–Trinajstić information content (AvgIpc) is 3.12. The molecule has 0 bridgehead atoms. The quantitative estimate of drug-likeness (QED) is 0.467. The number of likely N-dealkylation sites (N-methyl/N-ethyl adjacent to an activating group) is 1. The molecule has 2 fully saturated rings. The van der Waals surface area contributed by atoms with Crippen LogP contribution in [0, 0.1) is 5.92 Å². The second-order valence-corrected chi connectivity index (χ2v) is 9.29. The Kier molecular flexibility index (Phi) is 5.88. The van der Waals surface area contributed by atoms with Crippen molar-refractivity contribution in [2.45, 2.75) is 51.2 Å². The number of aromatic amines is 1. The highest BCUT2D eigenvalue weighted by atomic mass is 16.7. The predicted octanol–water partition coefficient (Wildman–Crippen LogP) is 2.76. The fourth-order valence-electron chi connectivity index (χ4n) is 3.93. The maximum atomic E-state index is 6.18. The number of nitrogens with zero attached hydrogens (tertiary/aromatic N) is 4. The highest BCUT2D eigenvalue weighted by molar-refractivity contribution is 5.55. The zero-order chi connectivity index (χ0) is 22.1. The van der Waals surface area contributed by atoms with E-state index in [1.165, 1.54) is 18.5 Å². The minimum atomic E-state index is 0.124. The SMILES string of the molecule is CC(C)C1C=C(CNc2nc(Nc3cc(C4CC4)[nH]n3)cc(OC3CCN(C)C3)n2)ON1. The molecule has 0 spiro atoms. The second-order valence-electron chi connectivity index (χ2n) is 9.29. The number of ether oxygens (including phenoxy) is 1. The molecular weight excluding hydrogens is 408 g/mol. The Morgan fingerprint density at radius 2 is 2.09 bits per heavy atom. The molecule has 0 amide bonds. The van der Waals surface area contributed by atoms with E-state index in [2.05, 4.69) is 68.2 Å². The fraction of sp³-hybridized carbons (Fsp3) is 0.591. The van der Waals surface area contributed by atoms with Crippen molar-refractivity contribution in [3.05, 3.63) is 29.7 Å². The number of H-pyrrole nitrogens is 1. The number of nitrogens with one attached hydrogen (secondary N) is 4. The Bertz CT molecular complexity index is 971. The summed E-state index contributed by atoms with van der Waals surface area (Å²) < 4.78 is 6.18. The van der Waals surface area contributed by atoms with Crippen molar-refractivity contribution in [3.8, 4) is 5.88 Å². The Balaban J connectivity index is 1.30. The van der Waals surface area contributed by atoms with Crippen molar-refractivity contribution in [2.75, 3.05) is 37.3 Å². The van der Waals surface area contributed by atoms with Crippen molar-refractivity contribution in [3.63, 3.8) is 0 Å². The van der Waals surface area contributed by atoms with Gasteiger partial charge in [-0.25, -0.2) is 0 Å². The molecule has 172 valence electrons. The topological polar surface area (TPSA) is 112 Å². The highest BCUT2D eigenvalue weighted by Gasteiger charge is 2.26. The molecular formula is C22H32N8O2. The Morgan fingerprint density at radius 3 is 2.81 bits per heavy atom. The number of rotatable bonds is 9. The molecule has 4 N–H and O–H groups in total. The van der Waals surface area contributed by atoms with Crippen LogP contribution in [0.4, 0.5) is 17.6 Å². The van der Waals surface area contributed by atoms with Crippen LogP contribution in [-0.2, 0) is 4.84 Å². The number of likely N-dealkylation sites (tertiary alicyclic amines) is 1. The number of hydrogen-bond donors (Lipinski definition) is 4. The zero-order valence-electron chi connectivity index (χ0n) is 18.9. The van der Waals surface area contributed by atoms with E-state index >= 15 is 0 Å². The molecule has 32 heavy (non-hydrogen) atoms. The summed E-state index contributed by atoms with van der Waals surface area (Å²) in [4.78, 5) is 17.1. The van der Waals surface area contributed by atoms with Gasteiger partial charge in [-0.05, 0) is 38.3 Å². The first-order valence-corrected chi connectivity index (χ1v) is 11.5. The maximum absolute atomic E-state index is 6.18. The molecule has 3 aliphatic rings. The summed E-state index contributed by atoms with van der Waals surface area (Å²) in [6, 6.07) is 4.09. The van der Waals surface area contributed by atoms with Crippen molar-refractivity contribution in [1.29, 1.82) is 0 Å². The van der Waals surface area contributed by atoms with Gasteiger partial charge in [-0.15, -0.1) is 5.48 Å². The molecule has 0 radical (unpaired) electrons. The van der Waals surface area contributed by atoms with Crippen LogP contribution in [0.1, 0.15) is 44.7 Å². The second kappa shape index (κ2) is 8.95. The lowest BCUT2D eigenvalue weighted by Gasteiger charge is -2.15. The molecule has 10 heteroatoms. The largest absolute Gasteiger partial charge is 0.473 e. The molecule has 2 aliphatic heterocycles. The van der Waals surface area contributed by atoms with Gasteiger partial charge in [0, 0.05) is 36.8 Å². The minimum absolute atomic E-state index is 0.124. The van der Waals surface area contributed by atoms with Crippen LogP contribution in [-0.4, -0.2) is 63.9 Å². The van der Waals surface area contributed by atoms with Gasteiger partial charge in [0.05, 0.1) is 12.6 Å². The van der Waals surface area contributed by atoms with Crippen LogP contribution in [0.25, 0.3) is 0 Å². The van der Waals surface area contributed by atoms with Gasteiger partial charge in [-0.2, -0.15) is 15.1 Å². The molecule has 2 aromatic rings.